The highest BCUT2D eigenvalue weighted by Gasteiger charge is 2.22. The number of Topliss-reactive ketones (excluding diaryl/α,β-unsaturated/α-hetero) is 1. The van der Waals surface area contributed by atoms with Crippen LogP contribution in [0.15, 0.2) is 48.8 Å². The zero-order chi connectivity index (χ0) is 21.1. The Bertz CT molecular complexity index is 1060. The van der Waals surface area contributed by atoms with Crippen LogP contribution in [0.4, 0.5) is 5.69 Å². The lowest BCUT2D eigenvalue weighted by Gasteiger charge is -2.33. The van der Waals surface area contributed by atoms with Crippen LogP contribution in [0.2, 0.25) is 0 Å². The highest BCUT2D eigenvalue weighted by Crippen LogP contribution is 2.28. The van der Waals surface area contributed by atoms with E-state index in [1.54, 1.807) is 13.3 Å². The molecule has 0 saturated carbocycles. The molecule has 0 N–H and O–H groups in total. The molecule has 1 fully saturated rings. The normalized spacial score (nSPS) is 14.8. The standard InChI is InChI=1S/C24H27N3O3/c1-3-30-24(29)13-18-9-11-26(12-10-18)20-5-4-6-21(15-20)27-16-25-22-14-19(17(2)28)7-8-23(22)27/h4-8,14-16,18H,3,9-13H2,1-2H3. The van der Waals surface area contributed by atoms with Gasteiger partial charge in [0.25, 0.3) is 0 Å². The first kappa shape index (κ1) is 20.1. The van der Waals surface area contributed by atoms with E-state index in [1.807, 2.05) is 25.1 Å². The third kappa shape index (κ3) is 4.22. The molecule has 0 atom stereocenters. The molecule has 2 aromatic carbocycles. The minimum absolute atomic E-state index is 0.0415. The summed E-state index contributed by atoms with van der Waals surface area (Å²) >= 11 is 0. The number of piperidine rings is 1. The van der Waals surface area contributed by atoms with E-state index in [-0.39, 0.29) is 11.8 Å². The van der Waals surface area contributed by atoms with Gasteiger partial charge in [0.05, 0.1) is 17.6 Å². The smallest absolute Gasteiger partial charge is 0.306 e. The fourth-order valence-corrected chi connectivity index (χ4v) is 4.13. The van der Waals surface area contributed by atoms with Gasteiger partial charge in [0.15, 0.2) is 5.78 Å². The van der Waals surface area contributed by atoms with E-state index in [1.165, 1.54) is 5.69 Å². The van der Waals surface area contributed by atoms with Crippen LogP contribution >= 0.6 is 0 Å². The monoisotopic (exact) mass is 405 g/mol. The van der Waals surface area contributed by atoms with Crippen molar-refractivity contribution in [2.75, 3.05) is 24.6 Å². The third-order valence-electron chi connectivity index (χ3n) is 5.80. The number of imidazole rings is 1. The zero-order valence-electron chi connectivity index (χ0n) is 17.5. The molecular formula is C24H27N3O3. The van der Waals surface area contributed by atoms with Crippen LogP contribution in [0.5, 0.6) is 0 Å². The minimum Gasteiger partial charge on any atom is -0.466 e. The number of ether oxygens (including phenoxy) is 1. The number of carbonyl (C=O) groups is 2. The Hall–Kier alpha value is -3.15. The maximum atomic E-state index is 11.7. The zero-order valence-corrected chi connectivity index (χ0v) is 17.5. The number of aromatic nitrogens is 2. The molecule has 30 heavy (non-hydrogen) atoms. The summed E-state index contributed by atoms with van der Waals surface area (Å²) < 4.78 is 7.14. The Morgan fingerprint density at radius 3 is 2.60 bits per heavy atom. The van der Waals surface area contributed by atoms with E-state index < -0.39 is 0 Å². The summed E-state index contributed by atoms with van der Waals surface area (Å²) in [4.78, 5) is 30.2. The molecule has 0 spiro atoms. The van der Waals surface area contributed by atoms with E-state index in [4.69, 9.17) is 4.74 Å². The van der Waals surface area contributed by atoms with Crippen LogP contribution in [0, 0.1) is 5.92 Å². The summed E-state index contributed by atoms with van der Waals surface area (Å²) in [7, 11) is 0. The van der Waals surface area contributed by atoms with E-state index >= 15 is 0 Å². The van der Waals surface area contributed by atoms with Crippen molar-refractivity contribution in [1.82, 2.24) is 9.55 Å². The molecule has 1 saturated heterocycles. The van der Waals surface area contributed by atoms with Crippen molar-refractivity contribution >= 4 is 28.5 Å². The lowest BCUT2D eigenvalue weighted by atomic mass is 9.93. The first-order chi connectivity index (χ1) is 14.5. The van der Waals surface area contributed by atoms with Gasteiger partial charge >= 0.3 is 5.97 Å². The molecule has 156 valence electrons. The van der Waals surface area contributed by atoms with E-state index in [2.05, 4.69) is 38.7 Å². The summed E-state index contributed by atoms with van der Waals surface area (Å²) in [6.45, 7) is 5.72. The third-order valence-corrected chi connectivity index (χ3v) is 5.80. The Labute approximate surface area is 176 Å². The van der Waals surface area contributed by atoms with Crippen molar-refractivity contribution < 1.29 is 14.3 Å². The van der Waals surface area contributed by atoms with Gasteiger partial charge in [-0.15, -0.1) is 0 Å². The molecule has 2 heterocycles. The molecule has 0 amide bonds. The van der Waals surface area contributed by atoms with Gasteiger partial charge in [-0.05, 0) is 69.0 Å². The van der Waals surface area contributed by atoms with Gasteiger partial charge in [0, 0.05) is 36.4 Å². The first-order valence-electron chi connectivity index (χ1n) is 10.5. The molecule has 1 aliphatic heterocycles. The molecule has 4 rings (SSSR count). The van der Waals surface area contributed by atoms with Gasteiger partial charge < -0.3 is 9.64 Å². The van der Waals surface area contributed by atoms with Crippen LogP contribution in [-0.2, 0) is 9.53 Å². The van der Waals surface area contributed by atoms with Crippen LogP contribution in [0.25, 0.3) is 16.7 Å². The molecule has 6 heteroatoms. The lowest BCUT2D eigenvalue weighted by Crippen LogP contribution is -2.34. The number of ketones is 1. The van der Waals surface area contributed by atoms with Crippen LogP contribution < -0.4 is 4.90 Å². The number of rotatable bonds is 6. The lowest BCUT2D eigenvalue weighted by molar-refractivity contribution is -0.144. The van der Waals surface area contributed by atoms with Crippen LogP contribution in [0.1, 0.15) is 43.5 Å². The molecule has 0 unspecified atom stereocenters. The van der Waals surface area contributed by atoms with Crippen molar-refractivity contribution in [2.45, 2.75) is 33.1 Å². The van der Waals surface area contributed by atoms with Gasteiger partial charge in [0.1, 0.15) is 6.33 Å². The van der Waals surface area contributed by atoms with Crippen molar-refractivity contribution in [3.63, 3.8) is 0 Å². The maximum absolute atomic E-state index is 11.7. The molecule has 1 aliphatic rings. The molecule has 0 aliphatic carbocycles. The summed E-state index contributed by atoms with van der Waals surface area (Å²) in [5.41, 5.74) is 4.67. The van der Waals surface area contributed by atoms with E-state index in [0.29, 0.717) is 24.5 Å². The van der Waals surface area contributed by atoms with Gasteiger partial charge in [-0.1, -0.05) is 6.07 Å². The number of hydrogen-bond acceptors (Lipinski definition) is 5. The number of anilines is 1. The quantitative estimate of drug-likeness (QED) is 0.449. The molecular weight excluding hydrogens is 378 g/mol. The fraction of sp³-hybridized carbons (Fsp3) is 0.375. The van der Waals surface area contributed by atoms with Crippen molar-refractivity contribution in [3.8, 4) is 5.69 Å². The van der Waals surface area contributed by atoms with Crippen molar-refractivity contribution in [2.24, 2.45) is 5.92 Å². The number of fused-ring (bicyclic) bond motifs is 1. The average molecular weight is 405 g/mol. The molecule has 0 radical (unpaired) electrons. The second-order valence-electron chi connectivity index (χ2n) is 7.83. The topological polar surface area (TPSA) is 64.4 Å². The highest BCUT2D eigenvalue weighted by molar-refractivity contribution is 5.97. The summed E-state index contributed by atoms with van der Waals surface area (Å²) in [6.07, 6.45) is 4.31. The second-order valence-corrected chi connectivity index (χ2v) is 7.83. The summed E-state index contributed by atoms with van der Waals surface area (Å²) in [5.74, 6) is 0.356. The van der Waals surface area contributed by atoms with Crippen molar-refractivity contribution in [1.29, 1.82) is 0 Å². The first-order valence-corrected chi connectivity index (χ1v) is 10.5. The molecule has 3 aromatic rings. The van der Waals surface area contributed by atoms with E-state index in [9.17, 15) is 9.59 Å². The Morgan fingerprint density at radius 1 is 1.10 bits per heavy atom. The SMILES string of the molecule is CCOC(=O)CC1CCN(c2cccc(-n3cnc4cc(C(C)=O)ccc43)c2)CC1. The number of nitrogens with zero attached hydrogens (tertiary/aromatic N) is 3. The van der Waals surface area contributed by atoms with Crippen LogP contribution in [0.3, 0.4) is 0 Å². The van der Waals surface area contributed by atoms with Gasteiger partial charge in [-0.2, -0.15) is 0 Å². The van der Waals surface area contributed by atoms with Gasteiger partial charge in [-0.25, -0.2) is 4.98 Å². The maximum Gasteiger partial charge on any atom is 0.306 e. The fourth-order valence-electron chi connectivity index (χ4n) is 4.13. The number of esters is 1. The average Bonchev–Trinajstić information content (AvgIpc) is 3.18. The predicted molar refractivity (Wildman–Crippen MR) is 117 cm³/mol. The predicted octanol–water partition coefficient (Wildman–Crippen LogP) is 4.40. The largest absolute Gasteiger partial charge is 0.466 e. The van der Waals surface area contributed by atoms with Gasteiger partial charge in [-0.3, -0.25) is 14.2 Å². The Balaban J connectivity index is 1.49. The summed E-state index contributed by atoms with van der Waals surface area (Å²) in [5, 5.41) is 0. The number of benzene rings is 2. The molecule has 1 aromatic heterocycles. The Morgan fingerprint density at radius 2 is 1.87 bits per heavy atom. The Kier molecular flexibility index (Phi) is 5.84. The number of carbonyl (C=O) groups excluding carboxylic acids is 2. The minimum atomic E-state index is -0.0853. The molecule has 0 bridgehead atoms. The van der Waals surface area contributed by atoms with Crippen molar-refractivity contribution in [3.05, 3.63) is 54.4 Å². The van der Waals surface area contributed by atoms with E-state index in [0.717, 1.165) is 42.7 Å². The summed E-state index contributed by atoms with van der Waals surface area (Å²) in [6, 6.07) is 14.1. The second kappa shape index (κ2) is 8.69. The van der Waals surface area contributed by atoms with Crippen LogP contribution in [-0.4, -0.2) is 41.0 Å². The van der Waals surface area contributed by atoms with Gasteiger partial charge in [0.2, 0.25) is 0 Å². The highest BCUT2D eigenvalue weighted by atomic mass is 16.5. The number of hydrogen-bond donors (Lipinski definition) is 0. The molecule has 6 nitrogen and oxygen atoms in total.